The minimum Gasteiger partial charge on any atom is -0.378 e. The summed E-state index contributed by atoms with van der Waals surface area (Å²) in [4.78, 5) is 35.5. The maximum Gasteiger partial charge on any atom is 0.290 e. The molecule has 0 spiro atoms. The highest BCUT2D eigenvalue weighted by atomic mass is 16.5. The number of imidazole rings is 1. The van der Waals surface area contributed by atoms with Gasteiger partial charge in [0.1, 0.15) is 0 Å². The quantitative estimate of drug-likeness (QED) is 0.742. The molecule has 174 valence electrons. The van der Waals surface area contributed by atoms with Gasteiger partial charge in [-0.05, 0) is 31.4 Å². The van der Waals surface area contributed by atoms with Crippen LogP contribution in [0, 0.1) is 11.8 Å². The Kier molecular flexibility index (Phi) is 7.10. The molecule has 2 saturated heterocycles. The highest BCUT2D eigenvalue weighted by molar-refractivity contribution is 5.95. The lowest BCUT2D eigenvalue weighted by Crippen LogP contribution is -2.56. The van der Waals surface area contributed by atoms with Gasteiger partial charge in [0, 0.05) is 45.3 Å². The van der Waals surface area contributed by atoms with E-state index < -0.39 is 0 Å². The van der Waals surface area contributed by atoms with Crippen LogP contribution >= 0.6 is 0 Å². The van der Waals surface area contributed by atoms with Crippen LogP contribution < -0.4 is 5.32 Å². The summed E-state index contributed by atoms with van der Waals surface area (Å²) in [6.45, 7) is 11.4. The molecule has 1 N–H and O–H groups in total. The van der Waals surface area contributed by atoms with E-state index in [1.165, 1.54) is 0 Å². The Morgan fingerprint density at radius 3 is 2.69 bits per heavy atom. The molecule has 2 fully saturated rings. The molecule has 32 heavy (non-hydrogen) atoms. The Balaban J connectivity index is 1.58. The number of fused-ring (bicyclic) bond motifs is 1. The molecule has 8 heteroatoms. The number of carbonyl (C=O) groups is 2. The molecule has 0 saturated carbocycles. The summed E-state index contributed by atoms with van der Waals surface area (Å²) in [5, 5.41) is 3.42. The maximum absolute atomic E-state index is 13.8. The van der Waals surface area contributed by atoms with E-state index >= 15 is 0 Å². The molecule has 2 aliphatic rings. The molecule has 0 bridgehead atoms. The summed E-state index contributed by atoms with van der Waals surface area (Å²) >= 11 is 0. The van der Waals surface area contributed by atoms with Gasteiger partial charge in [0.25, 0.3) is 5.91 Å². The number of aromatic nitrogens is 2. The molecule has 2 atom stereocenters. The van der Waals surface area contributed by atoms with Gasteiger partial charge in [0.2, 0.25) is 5.91 Å². The molecular formula is C24H35N5O3. The van der Waals surface area contributed by atoms with E-state index in [-0.39, 0.29) is 23.8 Å². The summed E-state index contributed by atoms with van der Waals surface area (Å²) in [6.07, 6.45) is 0.675. The fourth-order valence-electron chi connectivity index (χ4n) is 4.87. The average molecular weight is 442 g/mol. The van der Waals surface area contributed by atoms with Gasteiger partial charge in [-0.25, -0.2) is 4.98 Å². The van der Waals surface area contributed by atoms with Crippen molar-refractivity contribution in [1.82, 2.24) is 24.7 Å². The van der Waals surface area contributed by atoms with Gasteiger partial charge in [0.05, 0.1) is 30.2 Å². The smallest absolute Gasteiger partial charge is 0.290 e. The standard InChI is InChI=1S/C24H35N5O3/c1-4-28-21-8-6-5-7-20(21)26-22(28)24(31)29(16-17(2)3)19-13-18(14-25-15-19)23(30)27-9-11-32-12-10-27/h5-8,17-19,25H,4,9-16H2,1-3H3/t18?,19-/m0/s1. The molecule has 1 aromatic heterocycles. The van der Waals surface area contributed by atoms with Crippen molar-refractivity contribution in [1.29, 1.82) is 0 Å². The molecule has 8 nitrogen and oxygen atoms in total. The number of hydrogen-bond acceptors (Lipinski definition) is 5. The summed E-state index contributed by atoms with van der Waals surface area (Å²) in [6, 6.07) is 7.84. The highest BCUT2D eigenvalue weighted by Gasteiger charge is 2.36. The van der Waals surface area contributed by atoms with Crippen LogP contribution in [0.25, 0.3) is 11.0 Å². The van der Waals surface area contributed by atoms with Gasteiger partial charge in [-0.3, -0.25) is 9.59 Å². The monoisotopic (exact) mass is 441 g/mol. The molecule has 1 aromatic carbocycles. The van der Waals surface area contributed by atoms with Crippen molar-refractivity contribution in [2.75, 3.05) is 45.9 Å². The predicted molar refractivity (Wildman–Crippen MR) is 123 cm³/mol. The second kappa shape index (κ2) is 10.0. The van der Waals surface area contributed by atoms with Crippen LogP contribution in [0.2, 0.25) is 0 Å². The van der Waals surface area contributed by atoms with Crippen LogP contribution in [0.4, 0.5) is 0 Å². The van der Waals surface area contributed by atoms with E-state index in [0.29, 0.717) is 70.6 Å². The summed E-state index contributed by atoms with van der Waals surface area (Å²) in [7, 11) is 0. The van der Waals surface area contributed by atoms with Gasteiger partial charge in [-0.15, -0.1) is 0 Å². The van der Waals surface area contributed by atoms with Crippen molar-refractivity contribution in [2.24, 2.45) is 11.8 Å². The number of benzene rings is 1. The second-order valence-electron chi connectivity index (χ2n) is 9.20. The van der Waals surface area contributed by atoms with Crippen LogP contribution in [-0.2, 0) is 16.1 Å². The van der Waals surface area contributed by atoms with Crippen LogP contribution in [0.15, 0.2) is 24.3 Å². The van der Waals surface area contributed by atoms with E-state index in [2.05, 4.69) is 19.2 Å². The zero-order valence-corrected chi connectivity index (χ0v) is 19.4. The van der Waals surface area contributed by atoms with E-state index in [1.807, 2.05) is 45.6 Å². The van der Waals surface area contributed by atoms with Crippen molar-refractivity contribution < 1.29 is 14.3 Å². The normalized spacial score (nSPS) is 21.8. The lowest BCUT2D eigenvalue weighted by molar-refractivity contribution is -0.140. The Morgan fingerprint density at radius 1 is 1.22 bits per heavy atom. The number of morpholine rings is 1. The van der Waals surface area contributed by atoms with Crippen LogP contribution in [0.1, 0.15) is 37.8 Å². The number of aryl methyl sites for hydroxylation is 1. The first-order valence-corrected chi connectivity index (χ1v) is 11.8. The van der Waals surface area contributed by atoms with E-state index in [4.69, 9.17) is 9.72 Å². The number of ether oxygens (including phenoxy) is 1. The molecule has 2 aromatic rings. The zero-order valence-electron chi connectivity index (χ0n) is 19.4. The molecule has 2 aliphatic heterocycles. The summed E-state index contributed by atoms with van der Waals surface area (Å²) in [5.41, 5.74) is 1.81. The van der Waals surface area contributed by atoms with Gasteiger partial charge in [-0.2, -0.15) is 0 Å². The molecule has 0 aliphatic carbocycles. The number of nitrogens with zero attached hydrogens (tertiary/aromatic N) is 4. The molecule has 0 radical (unpaired) electrons. The van der Waals surface area contributed by atoms with E-state index in [9.17, 15) is 9.59 Å². The lowest BCUT2D eigenvalue weighted by atomic mass is 9.92. The number of rotatable bonds is 6. The fraction of sp³-hybridized carbons (Fsp3) is 0.625. The Bertz CT molecular complexity index is 950. The number of carbonyl (C=O) groups excluding carboxylic acids is 2. The zero-order chi connectivity index (χ0) is 22.7. The average Bonchev–Trinajstić information content (AvgIpc) is 3.21. The second-order valence-corrected chi connectivity index (χ2v) is 9.20. The Morgan fingerprint density at radius 2 is 1.97 bits per heavy atom. The SMILES string of the molecule is CCn1c(C(=O)N(CC(C)C)[C@@H]2CNCC(C(=O)N3CCOCC3)C2)nc2ccccc21. The van der Waals surface area contributed by atoms with Gasteiger partial charge in [-0.1, -0.05) is 26.0 Å². The molecule has 3 heterocycles. The number of amides is 2. The number of piperidine rings is 1. The summed E-state index contributed by atoms with van der Waals surface area (Å²) < 4.78 is 7.39. The minimum absolute atomic E-state index is 0.0428. The molecular weight excluding hydrogens is 406 g/mol. The van der Waals surface area contributed by atoms with Crippen LogP contribution in [0.5, 0.6) is 0 Å². The molecule has 4 rings (SSSR count). The van der Waals surface area contributed by atoms with Crippen molar-refractivity contribution in [3.05, 3.63) is 30.1 Å². The highest BCUT2D eigenvalue weighted by Crippen LogP contribution is 2.24. The van der Waals surface area contributed by atoms with Gasteiger partial charge < -0.3 is 24.4 Å². The molecule has 2 amide bonds. The largest absolute Gasteiger partial charge is 0.378 e. The fourth-order valence-corrected chi connectivity index (χ4v) is 4.87. The first-order valence-electron chi connectivity index (χ1n) is 11.8. The number of hydrogen-bond donors (Lipinski definition) is 1. The third-order valence-corrected chi connectivity index (χ3v) is 6.42. The maximum atomic E-state index is 13.8. The van der Waals surface area contributed by atoms with Crippen molar-refractivity contribution in [3.63, 3.8) is 0 Å². The third kappa shape index (κ3) is 4.66. The van der Waals surface area contributed by atoms with Crippen molar-refractivity contribution in [3.8, 4) is 0 Å². The van der Waals surface area contributed by atoms with Crippen molar-refractivity contribution >= 4 is 22.8 Å². The number of para-hydroxylation sites is 2. The van der Waals surface area contributed by atoms with Crippen LogP contribution in [-0.4, -0.2) is 83.1 Å². The van der Waals surface area contributed by atoms with E-state index in [0.717, 1.165) is 11.0 Å². The summed E-state index contributed by atoms with van der Waals surface area (Å²) in [5.74, 6) is 0.787. The van der Waals surface area contributed by atoms with Gasteiger partial charge >= 0.3 is 0 Å². The first-order chi connectivity index (χ1) is 15.5. The number of nitrogens with one attached hydrogen (secondary N) is 1. The van der Waals surface area contributed by atoms with Gasteiger partial charge in [0.15, 0.2) is 5.82 Å². The third-order valence-electron chi connectivity index (χ3n) is 6.42. The minimum atomic E-state index is -0.126. The Hall–Kier alpha value is -2.45. The lowest BCUT2D eigenvalue weighted by Gasteiger charge is -2.40. The van der Waals surface area contributed by atoms with E-state index in [1.54, 1.807) is 0 Å². The topological polar surface area (TPSA) is 79.7 Å². The van der Waals surface area contributed by atoms with Crippen LogP contribution in [0.3, 0.4) is 0 Å². The first kappa shape index (κ1) is 22.7. The molecule has 1 unspecified atom stereocenters. The Labute approximate surface area is 189 Å². The van der Waals surface area contributed by atoms with Crippen molar-refractivity contribution in [2.45, 2.75) is 39.8 Å². The predicted octanol–water partition coefficient (Wildman–Crippen LogP) is 1.99.